The standard InChI is InChI=1S/C16H9ClF6N2O3S2/c17-10-3-1-8(15(18,19)20)5-11(10)24-14(26)7-29-13-4-2-9(30-16(21,22)23)6-12(13)25(27)28/h1-6H,7H2,(H,24,26). The summed E-state index contributed by atoms with van der Waals surface area (Å²) in [7, 11) is 0. The SMILES string of the molecule is O=C(CSc1ccc(SC(F)(F)F)cc1[N+](=O)[O-])Nc1cc(C(F)(F)F)ccc1Cl. The van der Waals surface area contributed by atoms with E-state index >= 15 is 0 Å². The number of anilines is 1. The first-order valence-corrected chi connectivity index (χ1v) is 9.78. The highest BCUT2D eigenvalue weighted by Crippen LogP contribution is 2.40. The molecule has 5 nitrogen and oxygen atoms in total. The number of hydrogen-bond donors (Lipinski definition) is 1. The second-order valence-corrected chi connectivity index (χ2v) is 8.03. The van der Waals surface area contributed by atoms with Gasteiger partial charge in [-0.05, 0) is 42.1 Å². The minimum Gasteiger partial charge on any atom is -0.324 e. The average molecular weight is 491 g/mol. The second kappa shape index (κ2) is 9.35. The lowest BCUT2D eigenvalue weighted by atomic mass is 10.2. The highest BCUT2D eigenvalue weighted by molar-refractivity contribution is 8.00. The molecule has 1 N–H and O–H groups in total. The maximum atomic E-state index is 12.8. The number of carbonyl (C=O) groups is 1. The molecule has 0 heterocycles. The molecule has 0 unspecified atom stereocenters. The summed E-state index contributed by atoms with van der Waals surface area (Å²) in [6, 6.07) is 5.11. The molecule has 0 atom stereocenters. The molecule has 0 radical (unpaired) electrons. The Morgan fingerprint density at radius 1 is 1.10 bits per heavy atom. The lowest BCUT2D eigenvalue weighted by Crippen LogP contribution is -2.15. The molecule has 2 aromatic carbocycles. The van der Waals surface area contributed by atoms with Gasteiger partial charge in [-0.3, -0.25) is 14.9 Å². The van der Waals surface area contributed by atoms with Crippen molar-refractivity contribution in [1.29, 1.82) is 0 Å². The summed E-state index contributed by atoms with van der Waals surface area (Å²) in [6.07, 6.45) is -4.66. The number of rotatable bonds is 6. The Bertz CT molecular complexity index is 969. The first-order chi connectivity index (χ1) is 13.8. The number of nitrogens with one attached hydrogen (secondary N) is 1. The third-order valence-corrected chi connectivity index (χ3v) is 5.40. The Hall–Kier alpha value is -2.12. The van der Waals surface area contributed by atoms with E-state index in [0.717, 1.165) is 30.3 Å². The van der Waals surface area contributed by atoms with Crippen LogP contribution in [-0.2, 0) is 11.0 Å². The summed E-state index contributed by atoms with van der Waals surface area (Å²) in [5, 5.41) is 13.1. The fraction of sp³-hybridized carbons (Fsp3) is 0.188. The van der Waals surface area contributed by atoms with Gasteiger partial charge in [0.2, 0.25) is 5.91 Å². The molecule has 2 rings (SSSR count). The van der Waals surface area contributed by atoms with Crippen LogP contribution in [0.25, 0.3) is 0 Å². The van der Waals surface area contributed by atoms with Gasteiger partial charge >= 0.3 is 11.7 Å². The van der Waals surface area contributed by atoms with Crippen LogP contribution < -0.4 is 5.32 Å². The number of nitro groups is 1. The van der Waals surface area contributed by atoms with Crippen molar-refractivity contribution in [3.63, 3.8) is 0 Å². The molecule has 0 aliphatic heterocycles. The molecule has 14 heteroatoms. The van der Waals surface area contributed by atoms with E-state index in [2.05, 4.69) is 5.32 Å². The van der Waals surface area contributed by atoms with E-state index in [1.807, 2.05) is 0 Å². The van der Waals surface area contributed by atoms with Crippen molar-refractivity contribution >= 4 is 52.4 Å². The van der Waals surface area contributed by atoms with Crippen molar-refractivity contribution in [3.8, 4) is 0 Å². The number of nitro benzene ring substituents is 1. The first-order valence-electron chi connectivity index (χ1n) is 7.60. The van der Waals surface area contributed by atoms with Crippen LogP contribution in [0.4, 0.5) is 37.7 Å². The summed E-state index contributed by atoms with van der Waals surface area (Å²) in [6.45, 7) is 0. The van der Waals surface area contributed by atoms with Crippen LogP contribution in [-0.4, -0.2) is 22.1 Å². The zero-order valence-electron chi connectivity index (χ0n) is 14.3. The molecule has 0 saturated carbocycles. The summed E-state index contributed by atoms with van der Waals surface area (Å²) in [5.74, 6) is -1.27. The number of thioether (sulfide) groups is 2. The van der Waals surface area contributed by atoms with E-state index in [0.29, 0.717) is 17.8 Å². The Labute approximate surface area is 178 Å². The third kappa shape index (κ3) is 6.99. The van der Waals surface area contributed by atoms with Crippen LogP contribution in [0.5, 0.6) is 0 Å². The Morgan fingerprint density at radius 2 is 1.77 bits per heavy atom. The van der Waals surface area contributed by atoms with E-state index < -0.39 is 56.2 Å². The predicted molar refractivity (Wildman–Crippen MR) is 101 cm³/mol. The van der Waals surface area contributed by atoms with E-state index in [9.17, 15) is 41.3 Å². The Balaban J connectivity index is 2.12. The molecule has 0 aromatic heterocycles. The first kappa shape index (κ1) is 24.2. The number of benzene rings is 2. The Morgan fingerprint density at radius 3 is 2.33 bits per heavy atom. The maximum absolute atomic E-state index is 12.8. The molecule has 0 aliphatic carbocycles. The smallest absolute Gasteiger partial charge is 0.324 e. The van der Waals surface area contributed by atoms with Gasteiger partial charge in [0.1, 0.15) is 0 Å². The van der Waals surface area contributed by atoms with Gasteiger partial charge in [0, 0.05) is 11.0 Å². The predicted octanol–water partition coefficient (Wildman–Crippen LogP) is 6.61. The lowest BCUT2D eigenvalue weighted by Gasteiger charge is -2.12. The third-order valence-electron chi connectivity index (χ3n) is 3.29. The van der Waals surface area contributed by atoms with Crippen molar-refractivity contribution in [3.05, 3.63) is 57.1 Å². The molecule has 30 heavy (non-hydrogen) atoms. The van der Waals surface area contributed by atoms with Gasteiger partial charge in [-0.15, -0.1) is 11.8 Å². The molecule has 1 amide bonds. The van der Waals surface area contributed by atoms with Crippen LogP contribution in [0.2, 0.25) is 5.02 Å². The average Bonchev–Trinajstić information content (AvgIpc) is 2.60. The van der Waals surface area contributed by atoms with Gasteiger partial charge in [0.05, 0.1) is 31.8 Å². The topological polar surface area (TPSA) is 72.2 Å². The number of halogens is 7. The summed E-state index contributed by atoms with van der Waals surface area (Å²) >= 11 is 5.88. The summed E-state index contributed by atoms with van der Waals surface area (Å²) < 4.78 is 75.6. The summed E-state index contributed by atoms with van der Waals surface area (Å²) in [5.41, 5.74) is -6.61. The molecule has 0 spiro atoms. The largest absolute Gasteiger partial charge is 0.446 e. The van der Waals surface area contributed by atoms with Gasteiger partial charge in [-0.2, -0.15) is 26.3 Å². The quantitative estimate of drug-likeness (QED) is 0.213. The molecular weight excluding hydrogens is 482 g/mol. The summed E-state index contributed by atoms with van der Waals surface area (Å²) in [4.78, 5) is 21.8. The van der Waals surface area contributed by atoms with Gasteiger partial charge < -0.3 is 5.32 Å². The molecule has 162 valence electrons. The van der Waals surface area contributed by atoms with E-state index in [4.69, 9.17) is 11.6 Å². The van der Waals surface area contributed by atoms with Gasteiger partial charge in [-0.1, -0.05) is 11.6 Å². The molecule has 0 bridgehead atoms. The lowest BCUT2D eigenvalue weighted by molar-refractivity contribution is -0.387. The highest BCUT2D eigenvalue weighted by atomic mass is 35.5. The van der Waals surface area contributed by atoms with Crippen molar-refractivity contribution in [1.82, 2.24) is 0 Å². The second-order valence-electron chi connectivity index (χ2n) is 5.46. The maximum Gasteiger partial charge on any atom is 0.446 e. The zero-order valence-corrected chi connectivity index (χ0v) is 16.7. The normalized spacial score (nSPS) is 12.0. The molecule has 0 fully saturated rings. The number of carbonyl (C=O) groups excluding carboxylic acids is 1. The monoisotopic (exact) mass is 490 g/mol. The zero-order chi connectivity index (χ0) is 22.7. The number of nitrogens with zero attached hydrogens (tertiary/aromatic N) is 1. The van der Waals surface area contributed by atoms with Crippen LogP contribution >= 0.6 is 35.1 Å². The van der Waals surface area contributed by atoms with Crippen LogP contribution in [0.3, 0.4) is 0 Å². The van der Waals surface area contributed by atoms with Crippen molar-refractivity contribution in [2.45, 2.75) is 21.5 Å². The van der Waals surface area contributed by atoms with Gasteiger partial charge in [0.25, 0.3) is 5.69 Å². The van der Waals surface area contributed by atoms with E-state index in [-0.39, 0.29) is 15.6 Å². The minimum atomic E-state index is -4.66. The van der Waals surface area contributed by atoms with Crippen LogP contribution in [0.1, 0.15) is 5.56 Å². The van der Waals surface area contributed by atoms with E-state index in [1.54, 1.807) is 0 Å². The molecular formula is C16H9ClF6N2O3S2. The minimum absolute atomic E-state index is 0.0863. The number of amides is 1. The highest BCUT2D eigenvalue weighted by Gasteiger charge is 2.32. The van der Waals surface area contributed by atoms with Crippen LogP contribution in [0.15, 0.2) is 46.2 Å². The van der Waals surface area contributed by atoms with Gasteiger partial charge in [-0.25, -0.2) is 0 Å². The number of alkyl halides is 6. The van der Waals surface area contributed by atoms with E-state index in [1.165, 1.54) is 0 Å². The molecule has 2 aromatic rings. The van der Waals surface area contributed by atoms with Crippen molar-refractivity contribution in [2.24, 2.45) is 0 Å². The van der Waals surface area contributed by atoms with Crippen molar-refractivity contribution < 1.29 is 36.1 Å². The molecule has 0 aliphatic rings. The van der Waals surface area contributed by atoms with Crippen molar-refractivity contribution in [2.75, 3.05) is 11.1 Å². The van der Waals surface area contributed by atoms with Gasteiger partial charge in [0.15, 0.2) is 0 Å². The fourth-order valence-electron chi connectivity index (χ4n) is 2.09. The van der Waals surface area contributed by atoms with Crippen LogP contribution in [0, 0.1) is 10.1 Å². The fourth-order valence-corrected chi connectivity index (χ4v) is 3.63. The Kier molecular flexibility index (Phi) is 7.53. The molecule has 0 saturated heterocycles. The number of hydrogen-bond acceptors (Lipinski definition) is 5.